The molecule has 2 heterocycles. The first-order chi connectivity index (χ1) is 14.4. The second-order valence-electron chi connectivity index (χ2n) is 6.59. The maximum absolute atomic E-state index is 13.5. The molecule has 2 aromatic carbocycles. The molecule has 1 saturated heterocycles. The fraction of sp³-hybridized carbons (Fsp3) is 0.0952. The fourth-order valence-electron chi connectivity index (χ4n) is 3.10. The van der Waals surface area contributed by atoms with Gasteiger partial charge in [-0.15, -0.1) is 0 Å². The Morgan fingerprint density at radius 3 is 2.53 bits per heavy atom. The van der Waals surface area contributed by atoms with E-state index in [0.717, 1.165) is 24.5 Å². The van der Waals surface area contributed by atoms with E-state index in [9.17, 15) is 18.4 Å². The van der Waals surface area contributed by atoms with Crippen LogP contribution in [-0.4, -0.2) is 27.5 Å². The molecule has 0 radical (unpaired) electrons. The van der Waals surface area contributed by atoms with Crippen LogP contribution in [0.15, 0.2) is 71.4 Å². The lowest BCUT2D eigenvalue weighted by Crippen LogP contribution is -2.24. The molecule has 1 amide bonds. The molecule has 0 bridgehead atoms. The summed E-state index contributed by atoms with van der Waals surface area (Å²) in [6, 6.07) is 12.5. The van der Waals surface area contributed by atoms with Crippen LogP contribution in [0, 0.1) is 11.6 Å². The monoisotopic (exact) mass is 411 g/mol. The zero-order chi connectivity index (χ0) is 21.3. The molecule has 7 nitrogen and oxygen atoms in total. The molecule has 0 spiro atoms. The maximum atomic E-state index is 13.5. The van der Waals surface area contributed by atoms with E-state index in [-0.39, 0.29) is 30.1 Å². The summed E-state index contributed by atoms with van der Waals surface area (Å²) >= 11 is 0. The van der Waals surface area contributed by atoms with Crippen molar-refractivity contribution in [2.75, 3.05) is 11.4 Å². The number of carbonyl (C=O) groups excluding carboxylic acids is 1. The highest BCUT2D eigenvalue weighted by Crippen LogP contribution is 2.24. The number of amides is 1. The van der Waals surface area contributed by atoms with Crippen LogP contribution in [0.2, 0.25) is 0 Å². The molecule has 30 heavy (non-hydrogen) atoms. The van der Waals surface area contributed by atoms with Crippen molar-refractivity contribution in [3.05, 3.63) is 94.2 Å². The molecule has 3 aromatic rings. The molecule has 152 valence electrons. The van der Waals surface area contributed by atoms with Gasteiger partial charge in [-0.05, 0) is 35.9 Å². The van der Waals surface area contributed by atoms with Crippen LogP contribution in [0.4, 0.5) is 19.3 Å². The van der Waals surface area contributed by atoms with Crippen LogP contribution >= 0.6 is 0 Å². The lowest BCUT2D eigenvalue weighted by Gasteiger charge is -2.14. The third-order valence-corrected chi connectivity index (χ3v) is 4.48. The summed E-state index contributed by atoms with van der Waals surface area (Å²) in [4.78, 5) is 25.5. The highest BCUT2D eigenvalue weighted by Gasteiger charge is 2.28. The van der Waals surface area contributed by atoms with Crippen molar-refractivity contribution >= 4 is 11.8 Å². The minimum atomic E-state index is -0.744. The zero-order valence-electron chi connectivity index (χ0n) is 15.5. The zero-order valence-corrected chi connectivity index (χ0v) is 15.5. The van der Waals surface area contributed by atoms with Gasteiger partial charge in [0.1, 0.15) is 17.9 Å². The molecule has 0 aliphatic carbocycles. The largest absolute Gasteiger partial charge is 0.512 e. The summed E-state index contributed by atoms with van der Waals surface area (Å²) in [6.07, 6.45) is 0.101. The van der Waals surface area contributed by atoms with Gasteiger partial charge in [0, 0.05) is 23.4 Å². The molecule has 1 N–H and O–H groups in total. The van der Waals surface area contributed by atoms with E-state index < -0.39 is 23.3 Å². The van der Waals surface area contributed by atoms with Gasteiger partial charge in [-0.25, -0.2) is 18.3 Å². The first kappa shape index (κ1) is 19.3. The van der Waals surface area contributed by atoms with E-state index >= 15 is 0 Å². The van der Waals surface area contributed by atoms with E-state index in [1.807, 2.05) is 0 Å². The SMILES string of the molecule is O=C1O/C(=C\O)CN1c1cccc(Cn2nc(-c3cc(F)cc(F)c3)ccc2=O)c1. The summed E-state index contributed by atoms with van der Waals surface area (Å²) < 4.78 is 33.1. The van der Waals surface area contributed by atoms with Crippen molar-refractivity contribution in [2.45, 2.75) is 6.54 Å². The average Bonchev–Trinajstić information content (AvgIpc) is 3.10. The van der Waals surface area contributed by atoms with Gasteiger partial charge in [0.2, 0.25) is 0 Å². The molecule has 1 aliphatic rings. The topological polar surface area (TPSA) is 84.7 Å². The van der Waals surface area contributed by atoms with Gasteiger partial charge in [-0.1, -0.05) is 12.1 Å². The lowest BCUT2D eigenvalue weighted by molar-refractivity contribution is 0.196. The Kier molecular flexibility index (Phi) is 5.01. The molecular weight excluding hydrogens is 396 g/mol. The number of rotatable bonds is 4. The van der Waals surface area contributed by atoms with Crippen molar-refractivity contribution in [3.63, 3.8) is 0 Å². The maximum Gasteiger partial charge on any atom is 0.420 e. The van der Waals surface area contributed by atoms with Crippen molar-refractivity contribution in [1.29, 1.82) is 0 Å². The molecule has 1 aliphatic heterocycles. The fourth-order valence-corrected chi connectivity index (χ4v) is 3.10. The van der Waals surface area contributed by atoms with Gasteiger partial charge in [-0.2, -0.15) is 5.10 Å². The van der Waals surface area contributed by atoms with Crippen LogP contribution in [0.25, 0.3) is 11.3 Å². The van der Waals surface area contributed by atoms with Gasteiger partial charge < -0.3 is 9.84 Å². The Morgan fingerprint density at radius 2 is 1.83 bits per heavy atom. The third-order valence-electron chi connectivity index (χ3n) is 4.48. The number of aliphatic hydroxyl groups is 1. The first-order valence-corrected chi connectivity index (χ1v) is 8.89. The number of benzene rings is 2. The molecule has 1 fully saturated rings. The van der Waals surface area contributed by atoms with Crippen LogP contribution in [0.1, 0.15) is 5.56 Å². The van der Waals surface area contributed by atoms with E-state index in [0.29, 0.717) is 11.3 Å². The first-order valence-electron chi connectivity index (χ1n) is 8.89. The number of carbonyl (C=O) groups is 1. The van der Waals surface area contributed by atoms with Crippen LogP contribution in [0.3, 0.4) is 0 Å². The molecule has 1 aromatic heterocycles. The van der Waals surface area contributed by atoms with Gasteiger partial charge in [-0.3, -0.25) is 9.69 Å². The highest BCUT2D eigenvalue weighted by molar-refractivity contribution is 5.91. The number of halogens is 2. The van der Waals surface area contributed by atoms with Crippen molar-refractivity contribution in [3.8, 4) is 11.3 Å². The number of cyclic esters (lactones) is 1. The van der Waals surface area contributed by atoms with Crippen molar-refractivity contribution < 1.29 is 23.4 Å². The predicted octanol–water partition coefficient (Wildman–Crippen LogP) is 3.59. The summed E-state index contributed by atoms with van der Waals surface area (Å²) in [5.41, 5.74) is 1.24. The molecule has 0 atom stereocenters. The summed E-state index contributed by atoms with van der Waals surface area (Å²) in [5, 5.41) is 13.2. The number of hydrogen-bond donors (Lipinski definition) is 1. The van der Waals surface area contributed by atoms with Crippen LogP contribution < -0.4 is 10.5 Å². The number of anilines is 1. The quantitative estimate of drug-likeness (QED) is 0.664. The van der Waals surface area contributed by atoms with Crippen LogP contribution in [-0.2, 0) is 11.3 Å². The standard InChI is InChI=1S/C21H15F2N3O4/c22-15-7-14(8-16(23)9-15)19-4-5-20(28)26(24-19)10-13-2-1-3-17(6-13)25-11-18(12-27)30-21(25)29/h1-9,12,27H,10-11H2/b18-12-. The Bertz CT molecular complexity index is 1200. The Morgan fingerprint density at radius 1 is 1.07 bits per heavy atom. The number of ether oxygens (including phenoxy) is 1. The smallest absolute Gasteiger partial charge is 0.420 e. The molecule has 0 unspecified atom stereocenters. The van der Waals surface area contributed by atoms with Gasteiger partial charge in [0.15, 0.2) is 5.76 Å². The number of aromatic nitrogens is 2. The van der Waals surface area contributed by atoms with Crippen LogP contribution in [0.5, 0.6) is 0 Å². The Hall–Kier alpha value is -4.01. The number of hydrogen-bond acceptors (Lipinski definition) is 5. The van der Waals surface area contributed by atoms with Crippen molar-refractivity contribution in [2.24, 2.45) is 0 Å². The second-order valence-corrected chi connectivity index (χ2v) is 6.59. The minimum Gasteiger partial charge on any atom is -0.512 e. The summed E-state index contributed by atoms with van der Waals surface area (Å²) in [6.45, 7) is 0.154. The highest BCUT2D eigenvalue weighted by atomic mass is 19.1. The number of nitrogens with zero attached hydrogens (tertiary/aromatic N) is 3. The molecule has 0 saturated carbocycles. The van der Waals surface area contributed by atoms with E-state index in [2.05, 4.69) is 5.10 Å². The second kappa shape index (κ2) is 7.78. The Labute approximate surface area is 169 Å². The Balaban J connectivity index is 1.63. The normalized spacial score (nSPS) is 14.9. The number of aliphatic hydroxyl groups excluding tert-OH is 1. The van der Waals surface area contributed by atoms with Gasteiger partial charge in [0.05, 0.1) is 18.8 Å². The summed E-state index contributed by atoms with van der Waals surface area (Å²) in [7, 11) is 0. The molecular formula is C21H15F2N3O4. The third kappa shape index (κ3) is 3.90. The lowest BCUT2D eigenvalue weighted by atomic mass is 10.1. The van der Waals surface area contributed by atoms with Gasteiger partial charge in [0.25, 0.3) is 5.56 Å². The van der Waals surface area contributed by atoms with E-state index in [1.54, 1.807) is 24.3 Å². The predicted molar refractivity (Wildman–Crippen MR) is 104 cm³/mol. The molecule has 9 heteroatoms. The minimum absolute atomic E-state index is 0.0733. The molecule has 4 rings (SSSR count). The van der Waals surface area contributed by atoms with Gasteiger partial charge >= 0.3 is 6.09 Å². The summed E-state index contributed by atoms with van der Waals surface area (Å²) in [5.74, 6) is -1.37. The van der Waals surface area contributed by atoms with E-state index in [4.69, 9.17) is 9.84 Å². The van der Waals surface area contributed by atoms with E-state index in [1.165, 1.54) is 21.7 Å². The average molecular weight is 411 g/mol. The van der Waals surface area contributed by atoms with Crippen molar-refractivity contribution in [1.82, 2.24) is 9.78 Å².